The predicted molar refractivity (Wildman–Crippen MR) is 93.0 cm³/mol. The fourth-order valence-corrected chi connectivity index (χ4v) is 4.28. The fraction of sp³-hybridized carbons (Fsp3) is 0.350. The lowest BCUT2D eigenvalue weighted by Gasteiger charge is -2.19. The highest BCUT2D eigenvalue weighted by molar-refractivity contribution is 6.30. The summed E-state index contributed by atoms with van der Waals surface area (Å²) in [6.07, 6.45) is 0.965. The molecule has 2 aliphatic carbocycles. The molecule has 0 amide bonds. The molecular formula is C20H20N2O2. The summed E-state index contributed by atoms with van der Waals surface area (Å²) < 4.78 is 0. The third-order valence-corrected chi connectivity index (χ3v) is 5.53. The van der Waals surface area contributed by atoms with Gasteiger partial charge in [0.25, 0.3) is 0 Å². The average molecular weight is 320 g/mol. The number of benzene rings is 1. The number of carbonyl (C=O) groups excluding carboxylic acids is 2. The molecule has 0 saturated heterocycles. The van der Waals surface area contributed by atoms with Gasteiger partial charge in [-0.1, -0.05) is 24.3 Å². The lowest BCUT2D eigenvalue weighted by atomic mass is 9.79. The van der Waals surface area contributed by atoms with E-state index in [4.69, 9.17) is 4.98 Å². The summed E-state index contributed by atoms with van der Waals surface area (Å²) in [4.78, 5) is 32.9. The van der Waals surface area contributed by atoms with Gasteiger partial charge in [-0.2, -0.15) is 0 Å². The van der Waals surface area contributed by atoms with E-state index in [9.17, 15) is 9.59 Å². The van der Waals surface area contributed by atoms with Gasteiger partial charge >= 0.3 is 0 Å². The Hall–Kier alpha value is -2.49. The van der Waals surface area contributed by atoms with Gasteiger partial charge in [0.2, 0.25) is 0 Å². The fourth-order valence-electron chi connectivity index (χ4n) is 4.28. The number of Topliss-reactive ketones (excluding diaryl/α,β-unsaturated/α-hetero) is 2. The molecular weight excluding hydrogens is 300 g/mol. The van der Waals surface area contributed by atoms with Crippen LogP contribution in [0.5, 0.6) is 0 Å². The molecule has 4 rings (SSSR count). The molecule has 1 spiro atoms. The summed E-state index contributed by atoms with van der Waals surface area (Å²) in [6.45, 7) is 4.01. The van der Waals surface area contributed by atoms with Crippen molar-refractivity contribution in [3.05, 3.63) is 57.8 Å². The second-order valence-electron chi connectivity index (χ2n) is 7.14. The minimum atomic E-state index is -0.950. The summed E-state index contributed by atoms with van der Waals surface area (Å²) in [5.41, 5.74) is 4.40. The Kier molecular flexibility index (Phi) is 2.99. The number of nitrogens with zero attached hydrogens (tertiary/aromatic N) is 2. The normalized spacial score (nSPS) is 17.3. The lowest BCUT2D eigenvalue weighted by Crippen LogP contribution is -2.34. The van der Waals surface area contributed by atoms with Gasteiger partial charge in [-0.05, 0) is 43.4 Å². The van der Waals surface area contributed by atoms with Crippen LogP contribution in [0.15, 0.2) is 24.3 Å². The van der Waals surface area contributed by atoms with Gasteiger partial charge in [0.1, 0.15) is 11.2 Å². The summed E-state index contributed by atoms with van der Waals surface area (Å²) in [7, 11) is 3.93. The summed E-state index contributed by atoms with van der Waals surface area (Å²) >= 11 is 0. The molecule has 0 N–H and O–H groups in total. The molecule has 0 fully saturated rings. The Morgan fingerprint density at radius 2 is 1.50 bits per heavy atom. The molecule has 2 aliphatic rings. The number of aromatic nitrogens is 1. The first-order valence-corrected chi connectivity index (χ1v) is 8.22. The van der Waals surface area contributed by atoms with E-state index in [-0.39, 0.29) is 11.6 Å². The molecule has 2 aromatic rings. The number of hydrogen-bond acceptors (Lipinski definition) is 4. The molecule has 24 heavy (non-hydrogen) atoms. The number of pyridine rings is 1. The van der Waals surface area contributed by atoms with Crippen molar-refractivity contribution in [1.29, 1.82) is 0 Å². The van der Waals surface area contributed by atoms with E-state index in [0.717, 1.165) is 28.2 Å². The summed E-state index contributed by atoms with van der Waals surface area (Å²) in [6, 6.07) is 7.20. The molecule has 0 unspecified atom stereocenters. The van der Waals surface area contributed by atoms with E-state index in [1.54, 1.807) is 12.1 Å². The number of aryl methyl sites for hydroxylation is 1. The molecule has 4 nitrogen and oxygen atoms in total. The Morgan fingerprint density at radius 1 is 0.958 bits per heavy atom. The van der Waals surface area contributed by atoms with Crippen molar-refractivity contribution in [2.45, 2.75) is 26.7 Å². The number of fused-ring (bicyclic) bond motifs is 2. The summed E-state index contributed by atoms with van der Waals surface area (Å²) in [5.74, 6) is 0.868. The zero-order valence-electron chi connectivity index (χ0n) is 14.4. The minimum Gasteiger partial charge on any atom is -0.363 e. The Bertz CT molecular complexity index is 877. The van der Waals surface area contributed by atoms with Crippen LogP contribution in [0.1, 0.15) is 43.1 Å². The van der Waals surface area contributed by atoms with Crippen LogP contribution in [0.4, 0.5) is 5.82 Å². The van der Waals surface area contributed by atoms with E-state index >= 15 is 0 Å². The Balaban J connectivity index is 1.88. The first kappa shape index (κ1) is 15.1. The van der Waals surface area contributed by atoms with Crippen molar-refractivity contribution in [2.75, 3.05) is 19.0 Å². The molecule has 1 heterocycles. The van der Waals surface area contributed by atoms with Crippen molar-refractivity contribution in [3.8, 4) is 0 Å². The van der Waals surface area contributed by atoms with Crippen LogP contribution in [0.25, 0.3) is 0 Å². The van der Waals surface area contributed by atoms with Crippen molar-refractivity contribution in [3.63, 3.8) is 0 Å². The third-order valence-electron chi connectivity index (χ3n) is 5.53. The molecule has 0 aliphatic heterocycles. The number of hydrogen-bond donors (Lipinski definition) is 0. The molecule has 1 aromatic heterocycles. The Morgan fingerprint density at radius 3 is 2.04 bits per heavy atom. The zero-order valence-corrected chi connectivity index (χ0v) is 14.4. The third kappa shape index (κ3) is 1.71. The minimum absolute atomic E-state index is 0.0236. The van der Waals surface area contributed by atoms with Gasteiger partial charge in [-0.3, -0.25) is 9.59 Å². The quantitative estimate of drug-likeness (QED) is 0.758. The van der Waals surface area contributed by atoms with Crippen LogP contribution in [-0.4, -0.2) is 30.6 Å². The highest BCUT2D eigenvalue weighted by Crippen LogP contribution is 2.49. The van der Waals surface area contributed by atoms with Crippen LogP contribution < -0.4 is 4.90 Å². The summed E-state index contributed by atoms with van der Waals surface area (Å²) in [5, 5.41) is 0. The molecule has 122 valence electrons. The molecule has 4 heteroatoms. The first-order valence-electron chi connectivity index (χ1n) is 8.22. The van der Waals surface area contributed by atoms with Crippen molar-refractivity contribution < 1.29 is 9.59 Å². The maximum Gasteiger partial charge on any atom is 0.178 e. The maximum absolute atomic E-state index is 13.1. The number of ketones is 2. The van der Waals surface area contributed by atoms with Crippen LogP contribution >= 0.6 is 0 Å². The highest BCUT2D eigenvalue weighted by Gasteiger charge is 2.56. The van der Waals surface area contributed by atoms with Crippen LogP contribution in [-0.2, 0) is 12.8 Å². The average Bonchev–Trinajstić information content (AvgIpc) is 3.07. The van der Waals surface area contributed by atoms with Crippen LogP contribution in [0.3, 0.4) is 0 Å². The Labute approximate surface area is 141 Å². The van der Waals surface area contributed by atoms with Gasteiger partial charge in [-0.25, -0.2) is 4.98 Å². The predicted octanol–water partition coefficient (Wildman–Crippen LogP) is 2.93. The van der Waals surface area contributed by atoms with Crippen LogP contribution in [0, 0.1) is 19.3 Å². The smallest absolute Gasteiger partial charge is 0.178 e. The standard InChI is InChI=1S/C20H20N2O2/c1-11-15-9-20(10-16(15)12(2)21-19(11)22(3)4)17(23)13-7-5-6-8-14(13)18(20)24/h5-8H,9-10H2,1-4H3. The molecule has 0 saturated carbocycles. The van der Waals surface area contributed by atoms with Crippen LogP contribution in [0.2, 0.25) is 0 Å². The van der Waals surface area contributed by atoms with Gasteiger partial charge in [0.05, 0.1) is 0 Å². The van der Waals surface area contributed by atoms with Crippen molar-refractivity contribution in [1.82, 2.24) is 4.98 Å². The van der Waals surface area contributed by atoms with Gasteiger partial charge in [0, 0.05) is 30.9 Å². The highest BCUT2D eigenvalue weighted by atomic mass is 16.2. The van der Waals surface area contributed by atoms with Gasteiger partial charge in [-0.15, -0.1) is 0 Å². The molecule has 1 aromatic carbocycles. The van der Waals surface area contributed by atoms with E-state index in [0.29, 0.717) is 24.0 Å². The SMILES string of the molecule is Cc1nc(N(C)C)c(C)c2c1CC1(C2)C(=O)c2ccccc2C1=O. The van der Waals surface area contributed by atoms with E-state index in [1.165, 1.54) is 0 Å². The van der Waals surface area contributed by atoms with E-state index in [2.05, 4.69) is 0 Å². The number of anilines is 1. The molecule has 0 radical (unpaired) electrons. The van der Waals surface area contributed by atoms with Gasteiger partial charge < -0.3 is 4.90 Å². The topological polar surface area (TPSA) is 50.3 Å². The molecule has 0 bridgehead atoms. The van der Waals surface area contributed by atoms with E-state index in [1.807, 2.05) is 45.0 Å². The molecule has 0 atom stereocenters. The van der Waals surface area contributed by atoms with Crippen molar-refractivity contribution in [2.24, 2.45) is 5.41 Å². The number of rotatable bonds is 1. The monoisotopic (exact) mass is 320 g/mol. The van der Waals surface area contributed by atoms with Gasteiger partial charge in [0.15, 0.2) is 11.6 Å². The van der Waals surface area contributed by atoms with E-state index < -0.39 is 5.41 Å². The lowest BCUT2D eigenvalue weighted by molar-refractivity contribution is 0.0710. The first-order chi connectivity index (χ1) is 11.4. The second-order valence-corrected chi connectivity index (χ2v) is 7.14. The second kappa shape index (κ2) is 4.76. The van der Waals surface area contributed by atoms with Crippen molar-refractivity contribution >= 4 is 17.4 Å². The zero-order chi connectivity index (χ0) is 17.2. The largest absolute Gasteiger partial charge is 0.363 e. The number of carbonyl (C=O) groups is 2. The maximum atomic E-state index is 13.1.